The lowest BCUT2D eigenvalue weighted by atomic mass is 9.88. The van der Waals surface area contributed by atoms with E-state index < -0.39 is 6.17 Å². The van der Waals surface area contributed by atoms with E-state index in [2.05, 4.69) is 4.85 Å². The molecule has 0 heterocycles. The lowest BCUT2D eigenvalue weighted by Crippen LogP contribution is -2.16. The van der Waals surface area contributed by atoms with Crippen molar-refractivity contribution < 1.29 is 4.39 Å². The summed E-state index contributed by atoms with van der Waals surface area (Å²) < 4.78 is 12.5. The van der Waals surface area contributed by atoms with Crippen LogP contribution in [-0.4, -0.2) is 12.7 Å². The summed E-state index contributed by atoms with van der Waals surface area (Å²) in [6.45, 7) is 7.22. The van der Waals surface area contributed by atoms with Crippen LogP contribution in [0.3, 0.4) is 0 Å². The van der Waals surface area contributed by atoms with Gasteiger partial charge in [0.15, 0.2) is 0 Å². The third kappa shape index (κ3) is 1.98. The fraction of sp³-hybridized carbons (Fsp3) is 0.875. The van der Waals surface area contributed by atoms with Crippen LogP contribution in [0.15, 0.2) is 0 Å². The van der Waals surface area contributed by atoms with Crippen molar-refractivity contribution in [2.24, 2.45) is 5.92 Å². The molecule has 1 fully saturated rings. The minimum Gasteiger partial charge on any atom is -0.317 e. The van der Waals surface area contributed by atoms with Crippen LogP contribution in [0.1, 0.15) is 25.7 Å². The fourth-order valence-corrected chi connectivity index (χ4v) is 1.43. The average Bonchev–Trinajstić information content (AvgIpc) is 1.95. The van der Waals surface area contributed by atoms with Gasteiger partial charge >= 0.3 is 0 Å². The second kappa shape index (κ2) is 3.55. The molecule has 56 valence electrons. The Kier molecular flexibility index (Phi) is 2.68. The first kappa shape index (κ1) is 7.53. The summed E-state index contributed by atoms with van der Waals surface area (Å²) in [6.07, 6.45) is 2.62. The molecule has 0 bridgehead atoms. The molecule has 0 aromatic heterocycles. The van der Waals surface area contributed by atoms with E-state index in [0.29, 0.717) is 25.3 Å². The number of rotatable bonds is 1. The molecule has 0 aromatic rings. The predicted octanol–water partition coefficient (Wildman–Crippen LogP) is 2.43. The van der Waals surface area contributed by atoms with Gasteiger partial charge in [0, 0.05) is 5.92 Å². The van der Waals surface area contributed by atoms with E-state index >= 15 is 0 Å². The van der Waals surface area contributed by atoms with Crippen LogP contribution in [0.25, 0.3) is 4.85 Å². The molecule has 0 aliphatic heterocycles. The lowest BCUT2D eigenvalue weighted by molar-refractivity contribution is 0.214. The second-order valence-electron chi connectivity index (χ2n) is 2.96. The Morgan fingerprint density at radius 3 is 2.40 bits per heavy atom. The van der Waals surface area contributed by atoms with Gasteiger partial charge in [0.05, 0.1) is 0 Å². The standard InChI is InChI=1S/C8H12FN/c1-10-6-7-2-4-8(9)5-3-7/h7-8H,2-6H2. The first-order valence-electron chi connectivity index (χ1n) is 3.80. The molecular formula is C8H12FN. The highest BCUT2D eigenvalue weighted by Crippen LogP contribution is 2.26. The maximum atomic E-state index is 12.5. The normalized spacial score (nSPS) is 33.2. The maximum absolute atomic E-state index is 12.5. The molecular weight excluding hydrogens is 129 g/mol. The molecule has 0 atom stereocenters. The van der Waals surface area contributed by atoms with Gasteiger partial charge in [-0.1, -0.05) is 0 Å². The second-order valence-corrected chi connectivity index (χ2v) is 2.96. The molecule has 1 rings (SSSR count). The zero-order chi connectivity index (χ0) is 7.40. The molecule has 1 saturated carbocycles. The average molecular weight is 141 g/mol. The van der Waals surface area contributed by atoms with Crippen LogP contribution in [0, 0.1) is 12.5 Å². The van der Waals surface area contributed by atoms with Crippen LogP contribution >= 0.6 is 0 Å². The van der Waals surface area contributed by atoms with E-state index in [1.165, 1.54) is 0 Å². The van der Waals surface area contributed by atoms with Crippen molar-refractivity contribution in [1.82, 2.24) is 0 Å². The van der Waals surface area contributed by atoms with Crippen LogP contribution in [0.2, 0.25) is 0 Å². The summed E-state index contributed by atoms with van der Waals surface area (Å²) in [5.41, 5.74) is 0. The summed E-state index contributed by atoms with van der Waals surface area (Å²) in [5, 5.41) is 0. The predicted molar refractivity (Wildman–Crippen MR) is 38.3 cm³/mol. The summed E-state index contributed by atoms with van der Waals surface area (Å²) in [5.74, 6) is 0.490. The Hall–Kier alpha value is -0.580. The van der Waals surface area contributed by atoms with E-state index in [1.807, 2.05) is 0 Å². The molecule has 1 aliphatic carbocycles. The van der Waals surface area contributed by atoms with E-state index in [9.17, 15) is 4.39 Å². The molecule has 0 spiro atoms. The van der Waals surface area contributed by atoms with Gasteiger partial charge in [-0.3, -0.25) is 0 Å². The van der Waals surface area contributed by atoms with Crippen LogP contribution in [-0.2, 0) is 0 Å². The van der Waals surface area contributed by atoms with E-state index in [-0.39, 0.29) is 0 Å². The van der Waals surface area contributed by atoms with Crippen LogP contribution in [0.5, 0.6) is 0 Å². The van der Waals surface area contributed by atoms with Crippen LogP contribution in [0.4, 0.5) is 4.39 Å². The molecule has 0 aromatic carbocycles. The Morgan fingerprint density at radius 1 is 1.30 bits per heavy atom. The molecule has 1 nitrogen and oxygen atoms in total. The largest absolute Gasteiger partial charge is 0.317 e. The highest BCUT2D eigenvalue weighted by atomic mass is 19.1. The van der Waals surface area contributed by atoms with Gasteiger partial charge in [-0.05, 0) is 25.7 Å². The molecule has 10 heavy (non-hydrogen) atoms. The topological polar surface area (TPSA) is 4.36 Å². The van der Waals surface area contributed by atoms with Crippen molar-refractivity contribution in [3.8, 4) is 0 Å². The number of nitrogens with zero attached hydrogens (tertiary/aromatic N) is 1. The Labute approximate surface area is 61.1 Å². The molecule has 0 N–H and O–H groups in total. The molecule has 2 heteroatoms. The smallest absolute Gasteiger partial charge is 0.217 e. The van der Waals surface area contributed by atoms with Crippen molar-refractivity contribution >= 4 is 0 Å². The number of halogens is 1. The Bertz CT molecular complexity index is 131. The van der Waals surface area contributed by atoms with Crippen LogP contribution < -0.4 is 0 Å². The molecule has 1 aliphatic rings. The highest BCUT2D eigenvalue weighted by molar-refractivity contribution is 4.77. The zero-order valence-corrected chi connectivity index (χ0v) is 6.02. The van der Waals surface area contributed by atoms with Gasteiger partial charge in [-0.25, -0.2) is 11.0 Å². The third-order valence-corrected chi connectivity index (χ3v) is 2.13. The monoisotopic (exact) mass is 141 g/mol. The Balaban J connectivity index is 2.21. The highest BCUT2D eigenvalue weighted by Gasteiger charge is 2.21. The minimum atomic E-state index is -0.581. The summed E-state index contributed by atoms with van der Waals surface area (Å²) in [6, 6.07) is 0. The van der Waals surface area contributed by atoms with Gasteiger partial charge in [-0.15, -0.1) is 0 Å². The Morgan fingerprint density at radius 2 is 1.90 bits per heavy atom. The van der Waals surface area contributed by atoms with Gasteiger partial charge in [-0.2, -0.15) is 0 Å². The quantitative estimate of drug-likeness (QED) is 0.494. The van der Waals surface area contributed by atoms with Gasteiger partial charge < -0.3 is 4.85 Å². The van der Waals surface area contributed by atoms with Crippen molar-refractivity contribution in [2.75, 3.05) is 6.54 Å². The number of hydrogen-bond acceptors (Lipinski definition) is 0. The van der Waals surface area contributed by atoms with E-state index in [0.717, 1.165) is 12.8 Å². The summed E-state index contributed by atoms with van der Waals surface area (Å²) >= 11 is 0. The van der Waals surface area contributed by atoms with Gasteiger partial charge in [0.1, 0.15) is 6.17 Å². The van der Waals surface area contributed by atoms with Crippen molar-refractivity contribution in [2.45, 2.75) is 31.9 Å². The van der Waals surface area contributed by atoms with Gasteiger partial charge in [0.2, 0.25) is 6.54 Å². The van der Waals surface area contributed by atoms with Crippen molar-refractivity contribution in [1.29, 1.82) is 0 Å². The minimum absolute atomic E-state index is 0.490. The van der Waals surface area contributed by atoms with Crippen molar-refractivity contribution in [3.05, 3.63) is 11.4 Å². The summed E-state index contributed by atoms with van der Waals surface area (Å²) in [4.78, 5) is 3.31. The SMILES string of the molecule is [C-]#[N+]CC1CCC(F)CC1. The molecule has 0 amide bonds. The zero-order valence-electron chi connectivity index (χ0n) is 6.02. The molecule has 0 unspecified atom stereocenters. The first-order chi connectivity index (χ1) is 4.83. The number of hydrogen-bond donors (Lipinski definition) is 0. The fourth-order valence-electron chi connectivity index (χ4n) is 1.43. The third-order valence-electron chi connectivity index (χ3n) is 2.13. The molecule has 0 radical (unpaired) electrons. The van der Waals surface area contributed by atoms with E-state index in [4.69, 9.17) is 6.57 Å². The molecule has 0 saturated heterocycles. The van der Waals surface area contributed by atoms with Crippen molar-refractivity contribution in [3.63, 3.8) is 0 Å². The summed E-state index contributed by atoms with van der Waals surface area (Å²) in [7, 11) is 0. The lowest BCUT2D eigenvalue weighted by Gasteiger charge is -2.19. The van der Waals surface area contributed by atoms with E-state index in [1.54, 1.807) is 0 Å². The number of alkyl halides is 1. The maximum Gasteiger partial charge on any atom is 0.217 e. The first-order valence-corrected chi connectivity index (χ1v) is 3.80. The van der Waals surface area contributed by atoms with Gasteiger partial charge in [0.25, 0.3) is 0 Å².